The van der Waals surface area contributed by atoms with E-state index in [-0.39, 0.29) is 6.61 Å². The lowest BCUT2D eigenvalue weighted by Crippen LogP contribution is -2.26. The lowest BCUT2D eigenvalue weighted by molar-refractivity contribution is 0.117. The minimum Gasteiger partial charge on any atom is -0.491 e. The van der Waals surface area contributed by atoms with E-state index < -0.39 is 6.10 Å². The van der Waals surface area contributed by atoms with E-state index in [0.29, 0.717) is 11.6 Å². The summed E-state index contributed by atoms with van der Waals surface area (Å²) >= 11 is 9.43. The first kappa shape index (κ1) is 16.1. The van der Waals surface area contributed by atoms with E-state index in [1.807, 2.05) is 49.4 Å². The smallest absolute Gasteiger partial charge is 0.120 e. The summed E-state index contributed by atoms with van der Waals surface area (Å²) in [5.74, 6) is 0.724. The minimum atomic E-state index is -0.607. The van der Waals surface area contributed by atoms with E-state index in [2.05, 4.69) is 21.2 Å². The Labute approximate surface area is 138 Å². The number of benzene rings is 2. The zero-order chi connectivity index (χ0) is 15.2. The lowest BCUT2D eigenvalue weighted by atomic mass is 10.2. The molecule has 2 aromatic rings. The highest BCUT2D eigenvalue weighted by molar-refractivity contribution is 9.10. The molecule has 0 amide bonds. The van der Waals surface area contributed by atoms with Gasteiger partial charge in [0.05, 0.1) is 0 Å². The molecule has 5 heteroatoms. The van der Waals surface area contributed by atoms with Crippen molar-refractivity contribution in [1.29, 1.82) is 0 Å². The van der Waals surface area contributed by atoms with E-state index in [4.69, 9.17) is 16.3 Å². The highest BCUT2D eigenvalue weighted by Crippen LogP contribution is 2.20. The molecule has 2 rings (SSSR count). The fraction of sp³-hybridized carbons (Fsp3) is 0.250. The molecule has 0 radical (unpaired) electrons. The van der Waals surface area contributed by atoms with Gasteiger partial charge in [0.1, 0.15) is 18.5 Å². The molecule has 0 fully saturated rings. The summed E-state index contributed by atoms with van der Waals surface area (Å²) in [5.41, 5.74) is 1.91. The Hall–Kier alpha value is -1.23. The fourth-order valence-corrected chi connectivity index (χ4v) is 2.31. The summed E-state index contributed by atoms with van der Waals surface area (Å²) in [7, 11) is 0. The van der Waals surface area contributed by atoms with Gasteiger partial charge >= 0.3 is 0 Å². The Morgan fingerprint density at radius 2 is 2.10 bits per heavy atom. The second-order valence-electron chi connectivity index (χ2n) is 4.77. The molecule has 0 aliphatic carbocycles. The molecular formula is C16H17BrClNO2. The summed E-state index contributed by atoms with van der Waals surface area (Å²) in [6, 6.07) is 13.2. The quantitative estimate of drug-likeness (QED) is 0.798. The van der Waals surface area contributed by atoms with Crippen LogP contribution in [0.15, 0.2) is 46.9 Å². The van der Waals surface area contributed by atoms with Crippen LogP contribution in [0.1, 0.15) is 5.56 Å². The molecule has 0 bridgehead atoms. The number of nitrogens with one attached hydrogen (secondary N) is 1. The van der Waals surface area contributed by atoms with Gasteiger partial charge in [-0.1, -0.05) is 39.7 Å². The molecule has 1 unspecified atom stereocenters. The number of aliphatic hydroxyl groups excluding tert-OH is 1. The maximum absolute atomic E-state index is 9.93. The first-order chi connectivity index (χ1) is 10.0. The van der Waals surface area contributed by atoms with Gasteiger partial charge in [-0.25, -0.2) is 0 Å². The van der Waals surface area contributed by atoms with Crippen LogP contribution in [0.3, 0.4) is 0 Å². The zero-order valence-corrected chi connectivity index (χ0v) is 14.0. The molecular weight excluding hydrogens is 354 g/mol. The van der Waals surface area contributed by atoms with Gasteiger partial charge in [0.25, 0.3) is 0 Å². The maximum atomic E-state index is 9.93. The number of ether oxygens (including phenoxy) is 1. The number of anilines is 1. The Morgan fingerprint density at radius 1 is 1.29 bits per heavy atom. The van der Waals surface area contributed by atoms with Crippen molar-refractivity contribution >= 4 is 33.2 Å². The third-order valence-corrected chi connectivity index (χ3v) is 3.85. The number of hydrogen-bond donors (Lipinski definition) is 2. The van der Waals surface area contributed by atoms with Gasteiger partial charge in [0.15, 0.2) is 0 Å². The fourth-order valence-electron chi connectivity index (χ4n) is 1.75. The first-order valence-corrected chi connectivity index (χ1v) is 7.78. The van der Waals surface area contributed by atoms with Crippen LogP contribution >= 0.6 is 27.5 Å². The standard InChI is InChI=1S/C16H17BrClNO2/c1-11-5-6-13(8-16(11)18)19-9-14(20)10-21-15-4-2-3-12(17)7-15/h2-8,14,19-20H,9-10H2,1H3. The van der Waals surface area contributed by atoms with Crippen LogP contribution < -0.4 is 10.1 Å². The highest BCUT2D eigenvalue weighted by atomic mass is 79.9. The number of hydrogen-bond acceptors (Lipinski definition) is 3. The number of rotatable bonds is 6. The topological polar surface area (TPSA) is 41.5 Å². The van der Waals surface area contributed by atoms with Crippen molar-refractivity contribution in [2.24, 2.45) is 0 Å². The molecule has 112 valence electrons. The van der Waals surface area contributed by atoms with Gasteiger partial charge in [-0.2, -0.15) is 0 Å². The van der Waals surface area contributed by atoms with Gasteiger partial charge in [-0.05, 0) is 42.8 Å². The third-order valence-electron chi connectivity index (χ3n) is 2.95. The van der Waals surface area contributed by atoms with Crippen LogP contribution in [0, 0.1) is 6.92 Å². The first-order valence-electron chi connectivity index (χ1n) is 6.61. The van der Waals surface area contributed by atoms with Gasteiger partial charge in [-0.3, -0.25) is 0 Å². The number of aryl methyl sites for hydroxylation is 1. The molecule has 0 heterocycles. The van der Waals surface area contributed by atoms with Crippen molar-refractivity contribution in [2.75, 3.05) is 18.5 Å². The molecule has 0 aromatic heterocycles. The van der Waals surface area contributed by atoms with Crippen molar-refractivity contribution in [3.8, 4) is 5.75 Å². The SMILES string of the molecule is Cc1ccc(NCC(O)COc2cccc(Br)c2)cc1Cl. The summed E-state index contributed by atoms with van der Waals surface area (Å²) in [4.78, 5) is 0. The van der Waals surface area contributed by atoms with E-state index >= 15 is 0 Å². The monoisotopic (exact) mass is 369 g/mol. The number of halogens is 2. The van der Waals surface area contributed by atoms with Gasteiger partial charge in [0.2, 0.25) is 0 Å². The average molecular weight is 371 g/mol. The Bertz CT molecular complexity index is 607. The van der Waals surface area contributed by atoms with Crippen LogP contribution in [-0.2, 0) is 0 Å². The normalized spacial score (nSPS) is 12.0. The molecule has 0 aliphatic heterocycles. The van der Waals surface area contributed by atoms with Crippen molar-refractivity contribution < 1.29 is 9.84 Å². The molecule has 0 saturated heterocycles. The van der Waals surface area contributed by atoms with Gasteiger partial charge in [-0.15, -0.1) is 0 Å². The van der Waals surface area contributed by atoms with Crippen molar-refractivity contribution in [3.63, 3.8) is 0 Å². The van der Waals surface area contributed by atoms with Crippen LogP contribution in [-0.4, -0.2) is 24.4 Å². The lowest BCUT2D eigenvalue weighted by Gasteiger charge is -2.14. The molecule has 21 heavy (non-hydrogen) atoms. The minimum absolute atomic E-state index is 0.225. The Morgan fingerprint density at radius 3 is 2.81 bits per heavy atom. The second kappa shape index (κ2) is 7.69. The third kappa shape index (κ3) is 5.23. The molecule has 2 aromatic carbocycles. The van der Waals surface area contributed by atoms with Crippen LogP contribution in [0.5, 0.6) is 5.75 Å². The second-order valence-corrected chi connectivity index (χ2v) is 6.09. The molecule has 3 nitrogen and oxygen atoms in total. The van der Waals surface area contributed by atoms with Gasteiger partial charge in [0, 0.05) is 21.7 Å². The average Bonchev–Trinajstić information content (AvgIpc) is 2.46. The summed E-state index contributed by atoms with van der Waals surface area (Å²) in [5, 5.41) is 13.8. The zero-order valence-electron chi connectivity index (χ0n) is 11.6. The summed E-state index contributed by atoms with van der Waals surface area (Å²) in [6.07, 6.45) is -0.607. The van der Waals surface area contributed by atoms with E-state index in [9.17, 15) is 5.11 Å². The van der Waals surface area contributed by atoms with E-state index in [1.165, 1.54) is 0 Å². The summed E-state index contributed by atoms with van der Waals surface area (Å²) < 4.78 is 6.48. The van der Waals surface area contributed by atoms with Crippen molar-refractivity contribution in [1.82, 2.24) is 0 Å². The molecule has 0 spiro atoms. The van der Waals surface area contributed by atoms with Crippen molar-refractivity contribution in [3.05, 3.63) is 57.5 Å². The van der Waals surface area contributed by atoms with E-state index in [1.54, 1.807) is 0 Å². The van der Waals surface area contributed by atoms with Crippen LogP contribution in [0.2, 0.25) is 5.02 Å². The highest BCUT2D eigenvalue weighted by Gasteiger charge is 2.06. The molecule has 2 N–H and O–H groups in total. The predicted molar refractivity (Wildman–Crippen MR) is 90.3 cm³/mol. The molecule has 0 saturated carbocycles. The van der Waals surface area contributed by atoms with Crippen LogP contribution in [0.25, 0.3) is 0 Å². The Kier molecular flexibility index (Phi) is 5.91. The van der Waals surface area contributed by atoms with Crippen LogP contribution in [0.4, 0.5) is 5.69 Å². The molecule has 0 aliphatic rings. The largest absolute Gasteiger partial charge is 0.491 e. The maximum Gasteiger partial charge on any atom is 0.120 e. The Balaban J connectivity index is 1.79. The predicted octanol–water partition coefficient (Wildman–Crippen LogP) is 4.26. The number of aliphatic hydroxyl groups is 1. The van der Waals surface area contributed by atoms with E-state index in [0.717, 1.165) is 21.5 Å². The summed E-state index contributed by atoms with van der Waals surface area (Å²) in [6.45, 7) is 2.57. The van der Waals surface area contributed by atoms with Crippen molar-refractivity contribution in [2.45, 2.75) is 13.0 Å². The van der Waals surface area contributed by atoms with Gasteiger partial charge < -0.3 is 15.2 Å². The molecule has 1 atom stereocenters.